The number of halogens is 2. The van der Waals surface area contributed by atoms with Gasteiger partial charge in [0, 0.05) is 19.0 Å². The third kappa shape index (κ3) is 4.04. The maximum Gasteiger partial charge on any atom is 0.303 e. The van der Waals surface area contributed by atoms with Crippen molar-refractivity contribution in [3.63, 3.8) is 0 Å². The molecule has 1 atom stereocenters. The van der Waals surface area contributed by atoms with Crippen LogP contribution in [0.2, 0.25) is 10.3 Å². The summed E-state index contributed by atoms with van der Waals surface area (Å²) in [5.74, 6) is -1.13. The molecule has 114 valence electrons. The number of likely N-dealkylation sites (tertiary alicyclic amines) is 1. The smallest absolute Gasteiger partial charge is 0.303 e. The van der Waals surface area contributed by atoms with Crippen LogP contribution in [0.15, 0.2) is 6.07 Å². The third-order valence-corrected chi connectivity index (χ3v) is 3.99. The lowest BCUT2D eigenvalue weighted by Gasteiger charge is -2.35. The Balaban J connectivity index is 2.18. The van der Waals surface area contributed by atoms with Crippen molar-refractivity contribution in [2.75, 3.05) is 6.54 Å². The van der Waals surface area contributed by atoms with E-state index in [-0.39, 0.29) is 34.2 Å². The molecule has 1 amide bonds. The minimum atomic E-state index is -0.861. The van der Waals surface area contributed by atoms with Crippen molar-refractivity contribution >= 4 is 35.1 Å². The van der Waals surface area contributed by atoms with Crippen LogP contribution in [-0.4, -0.2) is 44.7 Å². The summed E-state index contributed by atoms with van der Waals surface area (Å²) >= 11 is 11.7. The summed E-state index contributed by atoms with van der Waals surface area (Å²) in [5, 5.41) is 16.1. The lowest BCUT2D eigenvalue weighted by atomic mass is 9.97. The fourth-order valence-corrected chi connectivity index (χ4v) is 2.84. The Bertz CT molecular complexity index is 553. The molecule has 0 spiro atoms. The number of nitrogens with zero attached hydrogens (tertiary/aromatic N) is 3. The number of amides is 1. The Hall–Kier alpha value is -1.40. The molecule has 1 aromatic heterocycles. The molecule has 1 aliphatic heterocycles. The number of carbonyl (C=O) groups excluding carboxylic acids is 1. The predicted molar refractivity (Wildman–Crippen MR) is 77.6 cm³/mol. The monoisotopic (exact) mass is 331 g/mol. The molecule has 1 fully saturated rings. The molecule has 1 unspecified atom stereocenters. The van der Waals surface area contributed by atoms with Gasteiger partial charge in [-0.2, -0.15) is 0 Å². The lowest BCUT2D eigenvalue weighted by molar-refractivity contribution is -0.137. The standard InChI is InChI=1S/C13H15Cl2N3O3/c14-10-7-9(12(15)17-16-10)13(21)18-6-2-1-3-8(18)4-5-11(19)20/h7-8H,1-6H2,(H,19,20). The highest BCUT2D eigenvalue weighted by molar-refractivity contribution is 6.34. The van der Waals surface area contributed by atoms with Crippen molar-refractivity contribution in [2.24, 2.45) is 0 Å². The minimum Gasteiger partial charge on any atom is -0.481 e. The SMILES string of the molecule is O=C(O)CCC1CCCCN1C(=O)c1cc(Cl)nnc1Cl. The van der Waals surface area contributed by atoms with Crippen LogP contribution >= 0.6 is 23.2 Å². The molecule has 2 heterocycles. The maximum absolute atomic E-state index is 12.6. The zero-order chi connectivity index (χ0) is 15.4. The molecule has 0 radical (unpaired) electrons. The molecule has 1 aliphatic rings. The molecule has 1 N–H and O–H groups in total. The minimum absolute atomic E-state index is 0.00644. The first kappa shape index (κ1) is 16.0. The van der Waals surface area contributed by atoms with E-state index in [2.05, 4.69) is 10.2 Å². The fraction of sp³-hybridized carbons (Fsp3) is 0.538. The topological polar surface area (TPSA) is 83.4 Å². The average Bonchev–Trinajstić information content (AvgIpc) is 2.47. The van der Waals surface area contributed by atoms with E-state index in [1.807, 2.05) is 0 Å². The molecule has 1 aromatic rings. The molecule has 8 heteroatoms. The van der Waals surface area contributed by atoms with Gasteiger partial charge in [-0.15, -0.1) is 10.2 Å². The van der Waals surface area contributed by atoms with Crippen LogP contribution in [0.1, 0.15) is 42.5 Å². The van der Waals surface area contributed by atoms with Crippen molar-refractivity contribution in [1.29, 1.82) is 0 Å². The van der Waals surface area contributed by atoms with Gasteiger partial charge in [0.05, 0.1) is 5.56 Å². The average molecular weight is 332 g/mol. The largest absolute Gasteiger partial charge is 0.481 e. The molecule has 2 rings (SSSR count). The van der Waals surface area contributed by atoms with Gasteiger partial charge >= 0.3 is 5.97 Å². The second-order valence-corrected chi connectivity index (χ2v) is 5.70. The predicted octanol–water partition coefficient (Wildman–Crippen LogP) is 2.64. The van der Waals surface area contributed by atoms with Crippen LogP contribution in [0.4, 0.5) is 0 Å². The van der Waals surface area contributed by atoms with Crippen LogP contribution in [0.25, 0.3) is 0 Å². The summed E-state index contributed by atoms with van der Waals surface area (Å²) in [6.45, 7) is 0.583. The quantitative estimate of drug-likeness (QED) is 0.916. The van der Waals surface area contributed by atoms with Crippen LogP contribution in [0, 0.1) is 0 Å². The number of hydrogen-bond acceptors (Lipinski definition) is 4. The van der Waals surface area contributed by atoms with E-state index in [1.54, 1.807) is 4.90 Å². The van der Waals surface area contributed by atoms with E-state index in [4.69, 9.17) is 28.3 Å². The van der Waals surface area contributed by atoms with E-state index in [9.17, 15) is 9.59 Å². The Morgan fingerprint density at radius 2 is 2.10 bits per heavy atom. The van der Waals surface area contributed by atoms with E-state index in [0.717, 1.165) is 19.3 Å². The summed E-state index contributed by atoms with van der Waals surface area (Å²) in [7, 11) is 0. The highest BCUT2D eigenvalue weighted by Crippen LogP contribution is 2.25. The van der Waals surface area contributed by atoms with Gasteiger partial charge in [0.2, 0.25) is 0 Å². The zero-order valence-electron chi connectivity index (χ0n) is 11.3. The molecule has 0 bridgehead atoms. The van der Waals surface area contributed by atoms with E-state index in [1.165, 1.54) is 6.07 Å². The van der Waals surface area contributed by atoms with Gasteiger partial charge in [0.1, 0.15) is 0 Å². The highest BCUT2D eigenvalue weighted by atomic mass is 35.5. The van der Waals surface area contributed by atoms with E-state index in [0.29, 0.717) is 13.0 Å². The molecule has 1 saturated heterocycles. The van der Waals surface area contributed by atoms with Gasteiger partial charge in [-0.3, -0.25) is 9.59 Å². The van der Waals surface area contributed by atoms with Crippen molar-refractivity contribution in [1.82, 2.24) is 15.1 Å². The molecule has 6 nitrogen and oxygen atoms in total. The number of carboxylic acids is 1. The number of hydrogen-bond donors (Lipinski definition) is 1. The van der Waals surface area contributed by atoms with Crippen LogP contribution in [-0.2, 0) is 4.79 Å². The number of carboxylic acid groups (broad SMARTS) is 1. The van der Waals surface area contributed by atoms with Gasteiger partial charge in [0.15, 0.2) is 10.3 Å². The Morgan fingerprint density at radius 3 is 2.81 bits per heavy atom. The summed E-state index contributed by atoms with van der Waals surface area (Å²) in [6.07, 6.45) is 3.14. The van der Waals surface area contributed by atoms with E-state index < -0.39 is 5.97 Å². The third-order valence-electron chi connectivity index (χ3n) is 3.53. The van der Waals surface area contributed by atoms with Crippen LogP contribution in [0.3, 0.4) is 0 Å². The summed E-state index contributed by atoms with van der Waals surface area (Å²) in [6, 6.07) is 1.30. The number of aliphatic carboxylic acids is 1. The first-order valence-electron chi connectivity index (χ1n) is 6.70. The van der Waals surface area contributed by atoms with Crippen LogP contribution < -0.4 is 0 Å². The Labute approximate surface area is 132 Å². The second kappa shape index (κ2) is 7.04. The number of aromatic nitrogens is 2. The molecule has 0 aliphatic carbocycles. The van der Waals surface area contributed by atoms with Crippen molar-refractivity contribution < 1.29 is 14.7 Å². The molecular weight excluding hydrogens is 317 g/mol. The number of rotatable bonds is 4. The Kier molecular flexibility index (Phi) is 5.36. The Morgan fingerprint density at radius 1 is 1.33 bits per heavy atom. The van der Waals surface area contributed by atoms with Crippen molar-refractivity contribution in [3.8, 4) is 0 Å². The fourth-order valence-electron chi connectivity index (χ4n) is 2.52. The molecule has 0 aromatic carbocycles. The first-order valence-corrected chi connectivity index (χ1v) is 7.46. The van der Waals surface area contributed by atoms with Gasteiger partial charge in [-0.1, -0.05) is 23.2 Å². The van der Waals surface area contributed by atoms with Gasteiger partial charge in [-0.25, -0.2) is 0 Å². The summed E-state index contributed by atoms with van der Waals surface area (Å²) < 4.78 is 0. The normalized spacial score (nSPS) is 18.6. The van der Waals surface area contributed by atoms with Gasteiger partial charge < -0.3 is 10.0 Å². The van der Waals surface area contributed by atoms with E-state index >= 15 is 0 Å². The first-order chi connectivity index (χ1) is 9.99. The highest BCUT2D eigenvalue weighted by Gasteiger charge is 2.29. The second-order valence-electron chi connectivity index (χ2n) is 4.95. The maximum atomic E-state index is 12.6. The molecule has 0 saturated carbocycles. The van der Waals surface area contributed by atoms with Crippen molar-refractivity contribution in [3.05, 3.63) is 21.9 Å². The van der Waals surface area contributed by atoms with Crippen LogP contribution in [0.5, 0.6) is 0 Å². The molecular formula is C13H15Cl2N3O3. The van der Waals surface area contributed by atoms with Gasteiger partial charge in [0.25, 0.3) is 5.91 Å². The number of piperidine rings is 1. The van der Waals surface area contributed by atoms with Gasteiger partial charge in [-0.05, 0) is 31.7 Å². The lowest BCUT2D eigenvalue weighted by Crippen LogP contribution is -2.44. The summed E-state index contributed by atoms with van der Waals surface area (Å²) in [4.78, 5) is 25.0. The summed E-state index contributed by atoms with van der Waals surface area (Å²) in [5.41, 5.74) is 0.207. The van der Waals surface area contributed by atoms with Crippen molar-refractivity contribution in [2.45, 2.75) is 38.1 Å². The number of carbonyl (C=O) groups is 2. The molecule has 21 heavy (non-hydrogen) atoms. The zero-order valence-corrected chi connectivity index (χ0v) is 12.8.